The molecule has 3 rings (SSSR count). The quantitative estimate of drug-likeness (QED) is 0.430. The van der Waals surface area contributed by atoms with Crippen LogP contribution in [0, 0.1) is 0 Å². The minimum Gasteiger partial charge on any atom is -0.493 e. The van der Waals surface area contributed by atoms with Crippen molar-refractivity contribution in [3.8, 4) is 11.5 Å². The van der Waals surface area contributed by atoms with Crippen LogP contribution in [0.4, 0.5) is 5.69 Å². The molecule has 0 aliphatic carbocycles. The van der Waals surface area contributed by atoms with Gasteiger partial charge in [0.15, 0.2) is 0 Å². The Morgan fingerprint density at radius 2 is 1.55 bits per heavy atom. The molecule has 5 nitrogen and oxygen atoms in total. The summed E-state index contributed by atoms with van der Waals surface area (Å²) in [5.41, 5.74) is 1.08. The van der Waals surface area contributed by atoms with E-state index in [1.807, 2.05) is 42.5 Å². The average Bonchev–Trinajstić information content (AvgIpc) is 2.79. The fourth-order valence-electron chi connectivity index (χ4n) is 3.45. The molecule has 2 aromatic rings. The molecule has 1 aliphatic rings. The molecule has 1 atom stereocenters. The van der Waals surface area contributed by atoms with Crippen LogP contribution in [0.5, 0.6) is 11.5 Å². The summed E-state index contributed by atoms with van der Waals surface area (Å²) >= 11 is 12.2. The second kappa shape index (κ2) is 11.8. The fraction of sp³-hybridized carbons (Fsp3) is 0.520. The van der Waals surface area contributed by atoms with Gasteiger partial charge in [0.2, 0.25) is 0 Å². The van der Waals surface area contributed by atoms with Gasteiger partial charge in [-0.25, -0.2) is 0 Å². The van der Waals surface area contributed by atoms with Crippen molar-refractivity contribution < 1.29 is 14.6 Å². The maximum atomic E-state index is 10.5. The number of hydrogen-bond acceptors (Lipinski definition) is 5. The SMILES string of the molecule is C[Si](C)C(C)(C)COc1ccc(OCC(O)CN2CCN(c3ccc(Cl)c(Cl)c3)CC2)cc1. The molecule has 33 heavy (non-hydrogen) atoms. The number of ether oxygens (including phenoxy) is 2. The molecule has 0 saturated carbocycles. The van der Waals surface area contributed by atoms with Crippen LogP contribution in [0.25, 0.3) is 0 Å². The number of hydrogen-bond donors (Lipinski definition) is 1. The van der Waals surface area contributed by atoms with Crippen molar-refractivity contribution in [2.45, 2.75) is 38.1 Å². The Bertz CT molecular complexity index is 888. The number of halogens is 2. The molecule has 1 fully saturated rings. The number of β-amino-alcohol motifs (C(OH)–C–C–N with tert-alkyl or cyclic N) is 1. The number of anilines is 1. The smallest absolute Gasteiger partial charge is 0.119 e. The number of aliphatic hydroxyl groups excluding tert-OH is 1. The van der Waals surface area contributed by atoms with E-state index in [-0.39, 0.29) is 11.6 Å². The Morgan fingerprint density at radius 1 is 0.939 bits per heavy atom. The number of benzene rings is 2. The van der Waals surface area contributed by atoms with Gasteiger partial charge in [-0.1, -0.05) is 50.1 Å². The topological polar surface area (TPSA) is 45.2 Å². The van der Waals surface area contributed by atoms with Gasteiger partial charge in [-0.2, -0.15) is 0 Å². The van der Waals surface area contributed by atoms with Gasteiger partial charge in [-0.05, 0) is 47.5 Å². The van der Waals surface area contributed by atoms with Crippen LogP contribution in [0.1, 0.15) is 13.8 Å². The van der Waals surface area contributed by atoms with Gasteiger partial charge in [0, 0.05) is 38.4 Å². The van der Waals surface area contributed by atoms with Gasteiger partial charge in [-0.15, -0.1) is 0 Å². The van der Waals surface area contributed by atoms with Gasteiger partial charge >= 0.3 is 0 Å². The second-order valence-electron chi connectivity index (χ2n) is 9.49. The van der Waals surface area contributed by atoms with Crippen LogP contribution >= 0.6 is 23.2 Å². The van der Waals surface area contributed by atoms with Crippen LogP contribution in [0.15, 0.2) is 42.5 Å². The largest absolute Gasteiger partial charge is 0.493 e. The van der Waals surface area contributed by atoms with E-state index < -0.39 is 14.9 Å². The standard InChI is InChI=1S/C25H35Cl2N2O3Si/c1-25(2,33(3)4)18-32-22-8-6-21(7-9-22)31-17-20(30)16-28-11-13-29(14-12-28)19-5-10-23(26)24(27)15-19/h5-10,15,20,30H,11-14,16-18H2,1-4H3. The molecule has 0 bridgehead atoms. The first-order valence-electron chi connectivity index (χ1n) is 11.4. The first kappa shape index (κ1) is 26.2. The van der Waals surface area contributed by atoms with E-state index in [1.54, 1.807) is 0 Å². The zero-order chi connectivity index (χ0) is 24.0. The molecule has 1 saturated heterocycles. The minimum atomic E-state index is -0.548. The maximum absolute atomic E-state index is 10.5. The molecule has 0 amide bonds. The van der Waals surface area contributed by atoms with Gasteiger partial charge in [0.05, 0.1) is 25.4 Å². The van der Waals surface area contributed by atoms with E-state index in [2.05, 4.69) is 36.7 Å². The summed E-state index contributed by atoms with van der Waals surface area (Å²) < 4.78 is 11.8. The lowest BCUT2D eigenvalue weighted by Gasteiger charge is -2.37. The monoisotopic (exact) mass is 509 g/mol. The molecule has 0 aromatic heterocycles. The third-order valence-corrected chi connectivity index (χ3v) is 9.92. The van der Waals surface area contributed by atoms with Crippen molar-refractivity contribution in [2.24, 2.45) is 0 Å². The highest BCUT2D eigenvalue weighted by molar-refractivity contribution is 6.59. The lowest BCUT2D eigenvalue weighted by molar-refractivity contribution is 0.0663. The fourth-order valence-corrected chi connectivity index (χ4v) is 4.11. The molecule has 1 N–H and O–H groups in total. The minimum absolute atomic E-state index is 0.220. The molecule has 0 spiro atoms. The third kappa shape index (κ3) is 7.79. The highest BCUT2D eigenvalue weighted by atomic mass is 35.5. The third-order valence-electron chi connectivity index (χ3n) is 6.33. The van der Waals surface area contributed by atoms with E-state index in [9.17, 15) is 5.11 Å². The van der Waals surface area contributed by atoms with Crippen molar-refractivity contribution in [3.05, 3.63) is 52.5 Å². The summed E-state index contributed by atoms with van der Waals surface area (Å²) in [6.07, 6.45) is -0.548. The Hall–Kier alpha value is -1.44. The van der Waals surface area contributed by atoms with Crippen molar-refractivity contribution in [1.82, 2.24) is 4.90 Å². The van der Waals surface area contributed by atoms with Crippen molar-refractivity contribution in [1.29, 1.82) is 0 Å². The molecule has 1 radical (unpaired) electrons. The summed E-state index contributed by atoms with van der Waals surface area (Å²) in [5.74, 6) is 1.58. The Morgan fingerprint density at radius 3 is 2.12 bits per heavy atom. The Kier molecular flexibility index (Phi) is 9.36. The Labute approximate surface area is 209 Å². The van der Waals surface area contributed by atoms with E-state index in [4.69, 9.17) is 32.7 Å². The first-order valence-corrected chi connectivity index (χ1v) is 14.7. The van der Waals surface area contributed by atoms with E-state index in [0.717, 1.165) is 43.4 Å². The number of rotatable bonds is 10. The predicted molar refractivity (Wildman–Crippen MR) is 140 cm³/mol. The average molecular weight is 511 g/mol. The van der Waals surface area contributed by atoms with Crippen molar-refractivity contribution in [2.75, 3.05) is 50.8 Å². The van der Waals surface area contributed by atoms with Crippen molar-refractivity contribution >= 4 is 37.7 Å². The summed E-state index contributed by atoms with van der Waals surface area (Å²) in [5, 5.41) is 11.8. The zero-order valence-electron chi connectivity index (χ0n) is 20.0. The highest BCUT2D eigenvalue weighted by Gasteiger charge is 2.24. The van der Waals surface area contributed by atoms with Gasteiger partial charge < -0.3 is 19.5 Å². The molecule has 181 valence electrons. The molecule has 1 heterocycles. The lowest BCUT2D eigenvalue weighted by atomic mass is 10.2. The number of aliphatic hydroxyl groups is 1. The number of piperazine rings is 1. The summed E-state index contributed by atoms with van der Waals surface area (Å²) in [6, 6.07) is 13.4. The normalized spacial score (nSPS) is 16.2. The summed E-state index contributed by atoms with van der Waals surface area (Å²) in [6.45, 7) is 14.2. The van der Waals surface area contributed by atoms with Gasteiger partial charge in [0.1, 0.15) is 24.2 Å². The molecular weight excluding hydrogens is 475 g/mol. The molecular formula is C25H35Cl2N2O3Si. The van der Waals surface area contributed by atoms with Crippen LogP contribution in [0.3, 0.4) is 0 Å². The first-order chi connectivity index (χ1) is 15.6. The molecule has 2 aromatic carbocycles. The van der Waals surface area contributed by atoms with Gasteiger partial charge in [-0.3, -0.25) is 4.90 Å². The molecule has 1 aliphatic heterocycles. The highest BCUT2D eigenvalue weighted by Crippen LogP contribution is 2.30. The molecule has 8 heteroatoms. The van der Waals surface area contributed by atoms with Crippen LogP contribution in [-0.2, 0) is 0 Å². The van der Waals surface area contributed by atoms with Crippen LogP contribution in [0.2, 0.25) is 28.2 Å². The second-order valence-corrected chi connectivity index (χ2v) is 13.7. The zero-order valence-corrected chi connectivity index (χ0v) is 22.5. The summed E-state index contributed by atoms with van der Waals surface area (Å²) in [7, 11) is -0.433. The maximum Gasteiger partial charge on any atom is 0.119 e. The van der Waals surface area contributed by atoms with Crippen LogP contribution < -0.4 is 14.4 Å². The lowest BCUT2D eigenvalue weighted by Crippen LogP contribution is -2.49. The Balaban J connectivity index is 1.38. The predicted octanol–water partition coefficient (Wildman–Crippen LogP) is 5.47. The van der Waals surface area contributed by atoms with Gasteiger partial charge in [0.25, 0.3) is 0 Å². The van der Waals surface area contributed by atoms with E-state index in [0.29, 0.717) is 23.2 Å². The van der Waals surface area contributed by atoms with Crippen molar-refractivity contribution in [3.63, 3.8) is 0 Å². The van der Waals surface area contributed by atoms with E-state index >= 15 is 0 Å². The summed E-state index contributed by atoms with van der Waals surface area (Å²) in [4.78, 5) is 4.55. The van der Waals surface area contributed by atoms with Crippen LogP contribution in [-0.4, -0.2) is 70.8 Å². The molecule has 1 unspecified atom stereocenters. The van der Waals surface area contributed by atoms with E-state index in [1.165, 1.54) is 0 Å². The number of nitrogens with zero attached hydrogens (tertiary/aromatic N) is 2.